The molecule has 1 aromatic carbocycles. The lowest BCUT2D eigenvalue weighted by atomic mass is 10.2. The molecule has 1 N–H and O–H groups in total. The van der Waals surface area contributed by atoms with Gasteiger partial charge in [0.25, 0.3) is 0 Å². The molecule has 0 unspecified atom stereocenters. The summed E-state index contributed by atoms with van der Waals surface area (Å²) in [6.45, 7) is 1.24. The molecule has 0 amide bonds. The maximum absolute atomic E-state index is 12.5. The number of halogens is 1. The van der Waals surface area contributed by atoms with E-state index in [-0.39, 0.29) is 21.5 Å². The van der Waals surface area contributed by atoms with Crippen molar-refractivity contribution in [1.29, 1.82) is 0 Å². The smallest absolute Gasteiger partial charge is 0.335 e. The van der Waals surface area contributed by atoms with Gasteiger partial charge in [0, 0.05) is 11.0 Å². The Morgan fingerprint density at radius 3 is 2.43 bits per heavy atom. The third kappa shape index (κ3) is 4.02. The highest BCUT2D eigenvalue weighted by molar-refractivity contribution is 9.10. The molecule has 0 heterocycles. The van der Waals surface area contributed by atoms with Crippen LogP contribution < -0.4 is 0 Å². The van der Waals surface area contributed by atoms with Crippen LogP contribution in [0.2, 0.25) is 0 Å². The zero-order valence-corrected chi connectivity index (χ0v) is 13.8. The van der Waals surface area contributed by atoms with Crippen molar-refractivity contribution in [3.63, 3.8) is 0 Å². The Bertz CT molecular complexity index is 658. The van der Waals surface area contributed by atoms with Crippen molar-refractivity contribution in [2.24, 2.45) is 0 Å². The molecule has 0 fully saturated rings. The molecule has 1 aromatic rings. The fourth-order valence-corrected chi connectivity index (χ4v) is 3.99. The lowest BCUT2D eigenvalue weighted by Crippen LogP contribution is -2.36. The summed E-state index contributed by atoms with van der Waals surface area (Å²) in [6, 6.07) is 3.57. The minimum atomic E-state index is -3.94. The molecule has 7 nitrogen and oxygen atoms in total. The number of carbonyl (C=O) groups is 2. The predicted molar refractivity (Wildman–Crippen MR) is 77.6 cm³/mol. The Morgan fingerprint density at radius 1 is 1.38 bits per heavy atom. The summed E-state index contributed by atoms with van der Waals surface area (Å²) in [4.78, 5) is 22.0. The lowest BCUT2D eigenvalue weighted by molar-refractivity contribution is -0.140. The van der Waals surface area contributed by atoms with Crippen molar-refractivity contribution in [2.45, 2.75) is 11.8 Å². The number of benzene rings is 1. The standard InChI is InChI=1S/C12H14BrNO6S/c1-3-14(7-11(15)20-2)21(18,19)10-5-4-8(12(16)17)6-9(10)13/h4-6H,3,7H2,1-2H3,(H,16,17). The Labute approximate surface area is 130 Å². The van der Waals surface area contributed by atoms with Gasteiger partial charge in [-0.05, 0) is 34.1 Å². The van der Waals surface area contributed by atoms with Gasteiger partial charge in [-0.2, -0.15) is 4.31 Å². The molecule has 116 valence electrons. The number of hydrogen-bond donors (Lipinski definition) is 1. The van der Waals surface area contributed by atoms with E-state index in [2.05, 4.69) is 20.7 Å². The minimum Gasteiger partial charge on any atom is -0.478 e. The third-order valence-corrected chi connectivity index (χ3v) is 5.58. The first-order valence-electron chi connectivity index (χ1n) is 5.83. The van der Waals surface area contributed by atoms with Crippen molar-refractivity contribution in [3.05, 3.63) is 28.2 Å². The lowest BCUT2D eigenvalue weighted by Gasteiger charge is -2.20. The van der Waals surface area contributed by atoms with Crippen LogP contribution in [0.4, 0.5) is 0 Å². The van der Waals surface area contributed by atoms with E-state index in [4.69, 9.17) is 5.11 Å². The van der Waals surface area contributed by atoms with Gasteiger partial charge in [-0.25, -0.2) is 13.2 Å². The first kappa shape index (κ1) is 17.6. The number of carboxylic acid groups (broad SMARTS) is 1. The van der Waals surface area contributed by atoms with Crippen LogP contribution in [0.1, 0.15) is 17.3 Å². The largest absolute Gasteiger partial charge is 0.478 e. The number of aromatic carboxylic acids is 1. The Kier molecular flexibility index (Phi) is 5.87. The zero-order chi connectivity index (χ0) is 16.2. The van der Waals surface area contributed by atoms with Gasteiger partial charge < -0.3 is 9.84 Å². The van der Waals surface area contributed by atoms with E-state index in [0.717, 1.165) is 4.31 Å². The van der Waals surface area contributed by atoms with Gasteiger partial charge in [-0.1, -0.05) is 6.92 Å². The molecule has 0 aliphatic heterocycles. The quantitative estimate of drug-likeness (QED) is 0.748. The van der Waals surface area contributed by atoms with Gasteiger partial charge in [0.2, 0.25) is 10.0 Å². The SMILES string of the molecule is CCN(CC(=O)OC)S(=O)(=O)c1ccc(C(=O)O)cc1Br. The highest BCUT2D eigenvalue weighted by Crippen LogP contribution is 2.26. The second-order valence-electron chi connectivity index (χ2n) is 3.96. The number of rotatable bonds is 6. The summed E-state index contributed by atoms with van der Waals surface area (Å²) in [5, 5.41) is 8.87. The number of nitrogens with zero attached hydrogens (tertiary/aromatic N) is 1. The van der Waals surface area contributed by atoms with E-state index in [1.54, 1.807) is 6.92 Å². The molecule has 0 saturated heterocycles. The van der Waals surface area contributed by atoms with Gasteiger partial charge in [-0.3, -0.25) is 4.79 Å². The van der Waals surface area contributed by atoms with Gasteiger partial charge in [0.15, 0.2) is 0 Å². The number of carboxylic acids is 1. The number of methoxy groups -OCH3 is 1. The molecule has 1 rings (SSSR count). The number of carbonyl (C=O) groups excluding carboxylic acids is 1. The van der Waals surface area contributed by atoms with Crippen LogP contribution in [0.3, 0.4) is 0 Å². The van der Waals surface area contributed by atoms with E-state index in [1.807, 2.05) is 0 Å². The Hall–Kier alpha value is -1.45. The third-order valence-electron chi connectivity index (χ3n) is 2.68. The first-order chi connectivity index (χ1) is 9.73. The second kappa shape index (κ2) is 7.01. The summed E-state index contributed by atoms with van der Waals surface area (Å²) >= 11 is 3.05. The molecular weight excluding hydrogens is 366 g/mol. The fraction of sp³-hybridized carbons (Fsp3) is 0.333. The zero-order valence-electron chi connectivity index (χ0n) is 11.4. The molecule has 9 heteroatoms. The van der Waals surface area contributed by atoms with Crippen molar-refractivity contribution < 1.29 is 27.9 Å². The van der Waals surface area contributed by atoms with Gasteiger partial charge in [0.05, 0.1) is 17.6 Å². The molecule has 0 atom stereocenters. The normalized spacial score (nSPS) is 11.4. The van der Waals surface area contributed by atoms with Crippen LogP contribution >= 0.6 is 15.9 Å². The number of sulfonamides is 1. The predicted octanol–water partition coefficient (Wildman–Crippen LogP) is 1.33. The van der Waals surface area contributed by atoms with Crippen LogP contribution in [0, 0.1) is 0 Å². The molecular formula is C12H14BrNO6S. The first-order valence-corrected chi connectivity index (χ1v) is 8.07. The molecule has 21 heavy (non-hydrogen) atoms. The molecule has 0 bridgehead atoms. The van der Waals surface area contributed by atoms with E-state index in [0.29, 0.717) is 0 Å². The van der Waals surface area contributed by atoms with Crippen molar-refractivity contribution in [2.75, 3.05) is 20.2 Å². The molecule has 0 spiro atoms. The van der Waals surface area contributed by atoms with Crippen LogP contribution in [-0.4, -0.2) is 50.0 Å². The summed E-state index contributed by atoms with van der Waals surface area (Å²) < 4.78 is 30.4. The number of ether oxygens (including phenoxy) is 1. The highest BCUT2D eigenvalue weighted by atomic mass is 79.9. The van der Waals surface area contributed by atoms with Crippen molar-refractivity contribution in [3.8, 4) is 0 Å². The van der Waals surface area contributed by atoms with E-state index < -0.39 is 28.5 Å². The summed E-state index contributed by atoms with van der Waals surface area (Å²) in [5.74, 6) is -1.85. The minimum absolute atomic E-state index is 0.0446. The molecule has 0 aromatic heterocycles. The van der Waals surface area contributed by atoms with E-state index >= 15 is 0 Å². The number of hydrogen-bond acceptors (Lipinski definition) is 5. The molecule has 0 aliphatic rings. The maximum Gasteiger partial charge on any atom is 0.335 e. The highest BCUT2D eigenvalue weighted by Gasteiger charge is 2.28. The van der Waals surface area contributed by atoms with E-state index in [9.17, 15) is 18.0 Å². The summed E-state index contributed by atoms with van der Waals surface area (Å²) in [7, 11) is -2.77. The Morgan fingerprint density at radius 2 is 2.00 bits per heavy atom. The van der Waals surface area contributed by atoms with Crippen LogP contribution in [0.15, 0.2) is 27.6 Å². The van der Waals surface area contributed by atoms with Crippen LogP contribution in [-0.2, 0) is 19.6 Å². The molecule has 0 aliphatic carbocycles. The van der Waals surface area contributed by atoms with Crippen LogP contribution in [0.25, 0.3) is 0 Å². The topological polar surface area (TPSA) is 101 Å². The van der Waals surface area contributed by atoms with Gasteiger partial charge in [0.1, 0.15) is 6.54 Å². The average molecular weight is 380 g/mol. The second-order valence-corrected chi connectivity index (χ2v) is 6.72. The van der Waals surface area contributed by atoms with Gasteiger partial charge in [-0.15, -0.1) is 0 Å². The summed E-state index contributed by atoms with van der Waals surface area (Å²) in [5.41, 5.74) is -0.0446. The fourth-order valence-electron chi connectivity index (χ4n) is 1.56. The Balaban J connectivity index is 3.23. The number of likely N-dealkylation sites (N-methyl/N-ethyl adjacent to an activating group) is 1. The van der Waals surface area contributed by atoms with Crippen molar-refractivity contribution in [1.82, 2.24) is 4.31 Å². The average Bonchev–Trinajstić information content (AvgIpc) is 2.43. The maximum atomic E-state index is 12.5. The van der Waals surface area contributed by atoms with Crippen LogP contribution in [0.5, 0.6) is 0 Å². The number of esters is 1. The monoisotopic (exact) mass is 379 g/mol. The summed E-state index contributed by atoms with van der Waals surface area (Å²) in [6.07, 6.45) is 0. The van der Waals surface area contributed by atoms with Gasteiger partial charge >= 0.3 is 11.9 Å². The van der Waals surface area contributed by atoms with E-state index in [1.165, 1.54) is 25.3 Å². The van der Waals surface area contributed by atoms with Crippen molar-refractivity contribution >= 4 is 37.9 Å². The molecule has 0 saturated carbocycles. The molecule has 0 radical (unpaired) electrons.